The first kappa shape index (κ1) is 26.3. The zero-order valence-electron chi connectivity index (χ0n) is 21.0. The Labute approximate surface area is 203 Å². The molecule has 8 nitrogen and oxygen atoms in total. The molecule has 1 saturated heterocycles. The summed E-state index contributed by atoms with van der Waals surface area (Å²) in [5.74, 6) is -0.491. The van der Waals surface area contributed by atoms with Crippen molar-refractivity contribution in [3.63, 3.8) is 0 Å². The van der Waals surface area contributed by atoms with Crippen LogP contribution in [0.15, 0.2) is 18.2 Å². The van der Waals surface area contributed by atoms with Crippen molar-refractivity contribution >= 4 is 11.9 Å². The molecular weight excluding hydrogens is 436 g/mol. The van der Waals surface area contributed by atoms with Crippen LogP contribution in [0, 0.1) is 5.92 Å². The van der Waals surface area contributed by atoms with Crippen LogP contribution >= 0.6 is 0 Å². The van der Waals surface area contributed by atoms with Gasteiger partial charge in [0.1, 0.15) is 0 Å². The van der Waals surface area contributed by atoms with Crippen molar-refractivity contribution in [3.8, 4) is 11.5 Å². The summed E-state index contributed by atoms with van der Waals surface area (Å²) in [6, 6.07) is 5.22. The number of unbranched alkanes of at least 4 members (excludes halogenated alkanes) is 2. The first-order valence-electron chi connectivity index (χ1n) is 12.7. The molecule has 3 rings (SSSR count). The molecular formula is C26H40N2O6. The lowest BCUT2D eigenvalue weighted by molar-refractivity contribution is -0.146. The first-order valence-corrected chi connectivity index (χ1v) is 12.7. The van der Waals surface area contributed by atoms with Crippen molar-refractivity contribution in [2.24, 2.45) is 5.92 Å². The van der Waals surface area contributed by atoms with Crippen molar-refractivity contribution in [3.05, 3.63) is 23.8 Å². The number of carbonyl (C=O) groups excluding carboxylic acids is 1. The molecule has 0 spiro atoms. The Morgan fingerprint density at radius 1 is 1.15 bits per heavy atom. The van der Waals surface area contributed by atoms with Gasteiger partial charge in [0, 0.05) is 32.2 Å². The maximum absolute atomic E-state index is 13.4. The van der Waals surface area contributed by atoms with E-state index in [4.69, 9.17) is 14.2 Å². The van der Waals surface area contributed by atoms with Crippen LogP contribution in [0.1, 0.15) is 64.9 Å². The molecule has 4 unspecified atom stereocenters. The van der Waals surface area contributed by atoms with Crippen molar-refractivity contribution in [2.45, 2.75) is 71.4 Å². The van der Waals surface area contributed by atoms with Crippen LogP contribution < -0.4 is 9.47 Å². The Hall–Kier alpha value is -2.32. The highest BCUT2D eigenvalue weighted by atomic mass is 16.7. The topological polar surface area (TPSA) is 88.5 Å². The molecule has 2 aliphatic heterocycles. The Bertz CT molecular complexity index is 824. The number of likely N-dealkylation sites (tertiary alicyclic amines) is 1. The Morgan fingerprint density at radius 2 is 1.82 bits per heavy atom. The highest BCUT2D eigenvalue weighted by Crippen LogP contribution is 2.43. The number of nitrogens with zero attached hydrogens (tertiary/aromatic N) is 2. The molecule has 1 aromatic carbocycles. The number of carboxylic acid groups (broad SMARTS) is 1. The Kier molecular flexibility index (Phi) is 9.59. The lowest BCUT2D eigenvalue weighted by Crippen LogP contribution is -2.49. The molecule has 8 heteroatoms. The smallest absolute Gasteiger partial charge is 0.308 e. The van der Waals surface area contributed by atoms with Crippen LogP contribution in [-0.2, 0) is 14.3 Å². The van der Waals surface area contributed by atoms with Gasteiger partial charge in [0.05, 0.1) is 24.6 Å². The molecule has 1 fully saturated rings. The summed E-state index contributed by atoms with van der Waals surface area (Å²) in [5.41, 5.74) is 0.883. The minimum atomic E-state index is -0.872. The quantitative estimate of drug-likeness (QED) is 0.464. The van der Waals surface area contributed by atoms with Crippen molar-refractivity contribution in [2.75, 3.05) is 39.6 Å². The third-order valence-corrected chi connectivity index (χ3v) is 6.93. The zero-order chi connectivity index (χ0) is 24.7. The molecule has 2 heterocycles. The van der Waals surface area contributed by atoms with Crippen LogP contribution in [-0.4, -0.2) is 78.5 Å². The third-order valence-electron chi connectivity index (χ3n) is 6.93. The molecule has 1 aromatic rings. The second-order valence-corrected chi connectivity index (χ2v) is 9.25. The Balaban J connectivity index is 1.87. The predicted molar refractivity (Wildman–Crippen MR) is 129 cm³/mol. The number of carboxylic acids is 1. The molecule has 0 aliphatic carbocycles. The van der Waals surface area contributed by atoms with E-state index in [2.05, 4.69) is 13.8 Å². The summed E-state index contributed by atoms with van der Waals surface area (Å²) in [6.45, 7) is 10.9. The standard InChI is InChI=1S/C26H40N2O6/c1-5-8-12-27(13-9-6-2)23(29)16-28-15-20(19-10-11-21-22(14-19)34-17-33-21)24(26(30)31)25(28)18(4)32-7-3/h10-11,14,18,20,24-25H,5-9,12-13,15-17H2,1-4H3,(H,30,31). The average Bonchev–Trinajstić information content (AvgIpc) is 3.43. The van der Waals surface area contributed by atoms with Gasteiger partial charge in [0.2, 0.25) is 12.7 Å². The normalized spacial score (nSPS) is 22.6. The third kappa shape index (κ3) is 6.02. The van der Waals surface area contributed by atoms with Crippen LogP contribution in [0.5, 0.6) is 11.5 Å². The van der Waals surface area contributed by atoms with Crippen LogP contribution in [0.4, 0.5) is 0 Å². The average molecular weight is 477 g/mol. The van der Waals surface area contributed by atoms with Gasteiger partial charge in [-0.1, -0.05) is 32.8 Å². The predicted octanol–water partition coefficient (Wildman–Crippen LogP) is 3.74. The fraction of sp³-hybridized carbons (Fsp3) is 0.692. The second kappa shape index (κ2) is 12.4. The Morgan fingerprint density at radius 3 is 2.44 bits per heavy atom. The van der Waals surface area contributed by atoms with Crippen molar-refractivity contribution < 1.29 is 28.9 Å². The number of amides is 1. The maximum Gasteiger partial charge on any atom is 0.308 e. The van der Waals surface area contributed by atoms with Gasteiger partial charge >= 0.3 is 5.97 Å². The molecule has 1 N–H and O–H groups in total. The number of benzene rings is 1. The molecule has 4 atom stereocenters. The van der Waals surface area contributed by atoms with E-state index in [1.165, 1.54) is 0 Å². The van der Waals surface area contributed by atoms with E-state index < -0.39 is 17.9 Å². The highest BCUT2D eigenvalue weighted by Gasteiger charge is 2.50. The van der Waals surface area contributed by atoms with E-state index in [1.54, 1.807) is 0 Å². The molecule has 34 heavy (non-hydrogen) atoms. The molecule has 0 radical (unpaired) electrons. The number of rotatable bonds is 13. The van der Waals surface area contributed by atoms with Gasteiger partial charge in [-0.15, -0.1) is 0 Å². The second-order valence-electron chi connectivity index (χ2n) is 9.25. The van der Waals surface area contributed by atoms with E-state index in [1.807, 2.05) is 41.8 Å². The van der Waals surface area contributed by atoms with Gasteiger partial charge in [-0.2, -0.15) is 0 Å². The van der Waals surface area contributed by atoms with Crippen molar-refractivity contribution in [1.29, 1.82) is 0 Å². The monoisotopic (exact) mass is 476 g/mol. The number of carbonyl (C=O) groups is 2. The fourth-order valence-electron chi connectivity index (χ4n) is 5.18. The first-order chi connectivity index (χ1) is 16.4. The van der Waals surface area contributed by atoms with Gasteiger partial charge in [-0.05, 0) is 44.4 Å². The van der Waals surface area contributed by atoms with E-state index in [0.717, 1.165) is 44.3 Å². The van der Waals surface area contributed by atoms with Gasteiger partial charge in [0.25, 0.3) is 0 Å². The lowest BCUT2D eigenvalue weighted by Gasteiger charge is -2.33. The summed E-state index contributed by atoms with van der Waals surface area (Å²) in [4.78, 5) is 29.9. The van der Waals surface area contributed by atoms with Gasteiger partial charge in [-0.25, -0.2) is 0 Å². The van der Waals surface area contributed by atoms with E-state index in [0.29, 0.717) is 24.7 Å². The SMILES string of the molecule is CCCCN(CCCC)C(=O)CN1CC(c2ccc3c(c2)OCO3)C(C(=O)O)C1C(C)OCC. The van der Waals surface area contributed by atoms with Gasteiger partial charge in [-0.3, -0.25) is 14.5 Å². The summed E-state index contributed by atoms with van der Waals surface area (Å²) in [7, 11) is 0. The molecule has 2 aliphatic rings. The number of aliphatic carboxylic acids is 1. The molecule has 190 valence electrons. The van der Waals surface area contributed by atoms with E-state index in [9.17, 15) is 14.7 Å². The van der Waals surface area contributed by atoms with Gasteiger partial charge in [0.15, 0.2) is 11.5 Å². The number of ether oxygens (including phenoxy) is 3. The summed E-state index contributed by atoms with van der Waals surface area (Å²) >= 11 is 0. The zero-order valence-corrected chi connectivity index (χ0v) is 21.0. The van der Waals surface area contributed by atoms with Crippen molar-refractivity contribution in [1.82, 2.24) is 9.80 Å². The van der Waals surface area contributed by atoms with E-state index in [-0.39, 0.29) is 31.3 Å². The van der Waals surface area contributed by atoms with Crippen LogP contribution in [0.3, 0.4) is 0 Å². The molecule has 1 amide bonds. The largest absolute Gasteiger partial charge is 0.481 e. The summed E-state index contributed by atoms with van der Waals surface area (Å²) < 4.78 is 16.9. The number of hydrogen-bond donors (Lipinski definition) is 1. The number of fused-ring (bicyclic) bond motifs is 1. The fourth-order valence-corrected chi connectivity index (χ4v) is 5.18. The highest BCUT2D eigenvalue weighted by molar-refractivity contribution is 5.79. The van der Waals surface area contributed by atoms with Crippen LogP contribution in [0.25, 0.3) is 0 Å². The van der Waals surface area contributed by atoms with Gasteiger partial charge < -0.3 is 24.2 Å². The molecule has 0 aromatic heterocycles. The van der Waals surface area contributed by atoms with E-state index >= 15 is 0 Å². The van der Waals surface area contributed by atoms with Crippen LogP contribution in [0.2, 0.25) is 0 Å². The minimum Gasteiger partial charge on any atom is -0.481 e. The molecule has 0 saturated carbocycles. The summed E-state index contributed by atoms with van der Waals surface area (Å²) in [6.07, 6.45) is 3.66. The summed E-state index contributed by atoms with van der Waals surface area (Å²) in [5, 5.41) is 10.3. The minimum absolute atomic E-state index is 0.0612. The lowest BCUT2D eigenvalue weighted by atomic mass is 9.83. The molecule has 0 bridgehead atoms. The maximum atomic E-state index is 13.4. The number of hydrogen-bond acceptors (Lipinski definition) is 6.